The first-order chi connectivity index (χ1) is 5.95. The topological polar surface area (TPSA) is 12.9 Å². The monoisotopic (exact) mass is 209 g/mol. The van der Waals surface area contributed by atoms with Crippen LogP contribution in [-0.4, -0.2) is 4.98 Å². The van der Waals surface area contributed by atoms with Gasteiger partial charge in [-0.1, -0.05) is 18.5 Å². The van der Waals surface area contributed by atoms with Crippen molar-refractivity contribution < 1.29 is 13.2 Å². The van der Waals surface area contributed by atoms with E-state index < -0.39 is 11.7 Å². The summed E-state index contributed by atoms with van der Waals surface area (Å²) in [6.07, 6.45) is -3.29. The Morgan fingerprint density at radius 3 is 2.54 bits per heavy atom. The predicted molar refractivity (Wildman–Crippen MR) is 43.6 cm³/mol. The van der Waals surface area contributed by atoms with Crippen molar-refractivity contribution >= 4 is 11.6 Å². The van der Waals surface area contributed by atoms with Gasteiger partial charge in [0.2, 0.25) is 0 Å². The number of hydrogen-bond acceptors (Lipinski definition) is 1. The summed E-state index contributed by atoms with van der Waals surface area (Å²) in [6, 6.07) is 1.24. The van der Waals surface area contributed by atoms with Gasteiger partial charge in [-0.15, -0.1) is 0 Å². The lowest BCUT2D eigenvalue weighted by atomic mass is 10.1. The van der Waals surface area contributed by atoms with Gasteiger partial charge in [-0.3, -0.25) is 0 Å². The van der Waals surface area contributed by atoms with Crippen molar-refractivity contribution in [3.05, 3.63) is 28.5 Å². The number of alkyl halides is 3. The number of aryl methyl sites for hydroxylation is 1. The van der Waals surface area contributed by atoms with Crippen LogP contribution in [0.25, 0.3) is 0 Å². The highest BCUT2D eigenvalue weighted by Crippen LogP contribution is 2.32. The molecule has 0 atom stereocenters. The zero-order valence-corrected chi connectivity index (χ0v) is 7.58. The minimum atomic E-state index is -4.34. The Morgan fingerprint density at radius 2 is 2.08 bits per heavy atom. The van der Waals surface area contributed by atoms with Crippen molar-refractivity contribution in [1.29, 1.82) is 0 Å². The Bertz CT molecular complexity index is 309. The maximum absolute atomic E-state index is 12.3. The van der Waals surface area contributed by atoms with E-state index in [1.54, 1.807) is 6.92 Å². The molecule has 0 fully saturated rings. The average molecular weight is 210 g/mol. The van der Waals surface area contributed by atoms with Crippen LogP contribution in [0.5, 0.6) is 0 Å². The molecule has 1 aromatic heterocycles. The molecule has 0 N–H and O–H groups in total. The van der Waals surface area contributed by atoms with Gasteiger partial charge in [0.05, 0.1) is 5.56 Å². The van der Waals surface area contributed by atoms with Crippen LogP contribution in [0.1, 0.15) is 18.1 Å². The summed E-state index contributed by atoms with van der Waals surface area (Å²) in [5, 5.41) is 0.0878. The van der Waals surface area contributed by atoms with Crippen LogP contribution < -0.4 is 0 Å². The zero-order chi connectivity index (χ0) is 10.1. The van der Waals surface area contributed by atoms with Crippen LogP contribution in [-0.2, 0) is 12.6 Å². The highest BCUT2D eigenvalue weighted by atomic mass is 35.5. The molecule has 0 aromatic carbocycles. The number of aromatic nitrogens is 1. The lowest BCUT2D eigenvalue weighted by molar-refractivity contribution is -0.138. The molecule has 1 rings (SSSR count). The molecule has 0 unspecified atom stereocenters. The summed E-state index contributed by atoms with van der Waals surface area (Å²) in [5.41, 5.74) is -0.535. The molecule has 0 aliphatic carbocycles. The number of halogens is 4. The van der Waals surface area contributed by atoms with Crippen molar-refractivity contribution in [2.24, 2.45) is 0 Å². The van der Waals surface area contributed by atoms with Gasteiger partial charge in [0.25, 0.3) is 0 Å². The summed E-state index contributed by atoms with van der Waals surface area (Å²) in [7, 11) is 0. The zero-order valence-electron chi connectivity index (χ0n) is 6.82. The lowest BCUT2D eigenvalue weighted by Crippen LogP contribution is -2.09. The third-order valence-electron chi connectivity index (χ3n) is 1.64. The van der Waals surface area contributed by atoms with Crippen LogP contribution >= 0.6 is 11.6 Å². The van der Waals surface area contributed by atoms with Gasteiger partial charge in [-0.2, -0.15) is 13.2 Å². The van der Waals surface area contributed by atoms with E-state index in [1.165, 1.54) is 6.07 Å². The molecule has 0 aliphatic heterocycles. The largest absolute Gasteiger partial charge is 0.418 e. The molecule has 0 amide bonds. The first-order valence-electron chi connectivity index (χ1n) is 3.66. The van der Waals surface area contributed by atoms with E-state index in [4.69, 9.17) is 11.6 Å². The molecule has 0 saturated heterocycles. The fourth-order valence-electron chi connectivity index (χ4n) is 1.02. The van der Waals surface area contributed by atoms with Crippen LogP contribution in [0, 0.1) is 0 Å². The molecular weight excluding hydrogens is 203 g/mol. The van der Waals surface area contributed by atoms with Crippen LogP contribution in [0.3, 0.4) is 0 Å². The maximum Gasteiger partial charge on any atom is 0.418 e. The minimum Gasteiger partial charge on any atom is -0.244 e. The quantitative estimate of drug-likeness (QED) is 0.647. The summed E-state index contributed by atoms with van der Waals surface area (Å²) >= 11 is 5.47. The van der Waals surface area contributed by atoms with Gasteiger partial charge in [0.15, 0.2) is 0 Å². The molecule has 72 valence electrons. The smallest absolute Gasteiger partial charge is 0.244 e. The van der Waals surface area contributed by atoms with Crippen LogP contribution in [0.4, 0.5) is 13.2 Å². The Hall–Kier alpha value is -0.770. The maximum atomic E-state index is 12.3. The standard InChI is InChI=1S/C8H7ClF3N/c1-2-5-3-7(9)13-4-6(5)8(10,11)12/h3-4H,2H2,1H3. The third kappa shape index (κ3) is 2.34. The molecule has 5 heteroatoms. The summed E-state index contributed by atoms with van der Waals surface area (Å²) in [6.45, 7) is 1.64. The van der Waals surface area contributed by atoms with Crippen molar-refractivity contribution in [3.63, 3.8) is 0 Å². The Balaban J connectivity index is 3.22. The summed E-state index contributed by atoms with van der Waals surface area (Å²) in [4.78, 5) is 3.40. The van der Waals surface area contributed by atoms with E-state index in [0.717, 1.165) is 6.20 Å². The van der Waals surface area contributed by atoms with Gasteiger partial charge in [0.1, 0.15) is 5.15 Å². The second-order valence-corrected chi connectivity index (χ2v) is 2.90. The van der Waals surface area contributed by atoms with Gasteiger partial charge in [-0.25, -0.2) is 4.98 Å². The molecule has 1 aromatic rings. The number of pyridine rings is 1. The fourth-order valence-corrected chi connectivity index (χ4v) is 1.20. The molecule has 0 aliphatic rings. The van der Waals surface area contributed by atoms with E-state index in [0.29, 0.717) is 0 Å². The molecule has 0 spiro atoms. The lowest BCUT2D eigenvalue weighted by Gasteiger charge is -2.10. The van der Waals surface area contributed by atoms with Crippen LogP contribution in [0.2, 0.25) is 5.15 Å². The SMILES string of the molecule is CCc1cc(Cl)ncc1C(F)(F)F. The van der Waals surface area contributed by atoms with E-state index in [2.05, 4.69) is 4.98 Å². The van der Waals surface area contributed by atoms with Crippen molar-refractivity contribution in [3.8, 4) is 0 Å². The van der Waals surface area contributed by atoms with Gasteiger partial charge in [-0.05, 0) is 18.1 Å². The molecule has 0 radical (unpaired) electrons. The van der Waals surface area contributed by atoms with E-state index >= 15 is 0 Å². The van der Waals surface area contributed by atoms with Crippen molar-refractivity contribution in [1.82, 2.24) is 4.98 Å². The van der Waals surface area contributed by atoms with Crippen LogP contribution in [0.15, 0.2) is 12.3 Å². The molecule has 0 bridgehead atoms. The average Bonchev–Trinajstić information content (AvgIpc) is 2.01. The molecule has 0 saturated carbocycles. The molecule has 1 nitrogen and oxygen atoms in total. The van der Waals surface area contributed by atoms with Crippen molar-refractivity contribution in [2.75, 3.05) is 0 Å². The van der Waals surface area contributed by atoms with E-state index in [-0.39, 0.29) is 17.1 Å². The predicted octanol–water partition coefficient (Wildman–Crippen LogP) is 3.32. The Kier molecular flexibility index (Phi) is 2.81. The minimum absolute atomic E-state index is 0.0878. The van der Waals surface area contributed by atoms with Crippen molar-refractivity contribution in [2.45, 2.75) is 19.5 Å². The normalized spacial score (nSPS) is 11.8. The van der Waals surface area contributed by atoms with Gasteiger partial charge >= 0.3 is 6.18 Å². The Morgan fingerprint density at radius 1 is 1.46 bits per heavy atom. The summed E-state index contributed by atoms with van der Waals surface area (Å²) in [5.74, 6) is 0. The van der Waals surface area contributed by atoms with Gasteiger partial charge < -0.3 is 0 Å². The third-order valence-corrected chi connectivity index (χ3v) is 1.85. The highest BCUT2D eigenvalue weighted by molar-refractivity contribution is 6.29. The molecule has 13 heavy (non-hydrogen) atoms. The van der Waals surface area contributed by atoms with E-state index in [9.17, 15) is 13.2 Å². The first kappa shape index (κ1) is 10.3. The van der Waals surface area contributed by atoms with E-state index in [1.807, 2.05) is 0 Å². The highest BCUT2D eigenvalue weighted by Gasteiger charge is 2.33. The second kappa shape index (κ2) is 3.54. The number of nitrogens with zero attached hydrogens (tertiary/aromatic N) is 1. The second-order valence-electron chi connectivity index (χ2n) is 2.52. The molecule has 1 heterocycles. The Labute approximate surface area is 78.5 Å². The van der Waals surface area contributed by atoms with Gasteiger partial charge in [0, 0.05) is 6.20 Å². The summed E-state index contributed by atoms with van der Waals surface area (Å²) < 4.78 is 36.9. The number of rotatable bonds is 1. The molecular formula is C8H7ClF3N. The first-order valence-corrected chi connectivity index (χ1v) is 4.04. The number of hydrogen-bond donors (Lipinski definition) is 0. The fraction of sp³-hybridized carbons (Fsp3) is 0.375.